The van der Waals surface area contributed by atoms with E-state index in [2.05, 4.69) is 54.4 Å². The Morgan fingerprint density at radius 3 is 2.71 bits per heavy atom. The van der Waals surface area contributed by atoms with Crippen molar-refractivity contribution in [3.8, 4) is 0 Å². The van der Waals surface area contributed by atoms with Crippen LogP contribution in [0.25, 0.3) is 0 Å². The van der Waals surface area contributed by atoms with E-state index >= 15 is 0 Å². The first-order valence-electron chi connectivity index (χ1n) is 8.90. The summed E-state index contributed by atoms with van der Waals surface area (Å²) < 4.78 is 0. The molecule has 1 amide bonds. The Bertz CT molecular complexity index is 755. The summed E-state index contributed by atoms with van der Waals surface area (Å²) in [4.78, 5) is 17.1. The van der Waals surface area contributed by atoms with Gasteiger partial charge in [-0.2, -0.15) is 0 Å². The van der Waals surface area contributed by atoms with Gasteiger partial charge in [0.2, 0.25) is 5.91 Å². The summed E-state index contributed by atoms with van der Waals surface area (Å²) in [5.74, 6) is 0.213. The molecular formula is C21H24N2O. The fourth-order valence-electron chi connectivity index (χ4n) is 4.19. The average Bonchev–Trinajstić information content (AvgIpc) is 3.05. The largest absolute Gasteiger partial charge is 0.311 e. The maximum atomic E-state index is 12.9. The van der Waals surface area contributed by atoms with Crippen LogP contribution in [0.15, 0.2) is 48.5 Å². The lowest BCUT2D eigenvalue weighted by atomic mass is 9.87. The minimum absolute atomic E-state index is 0.213. The number of hydrogen-bond donors (Lipinski definition) is 0. The van der Waals surface area contributed by atoms with E-state index in [0.717, 1.165) is 31.5 Å². The van der Waals surface area contributed by atoms with Gasteiger partial charge < -0.3 is 4.90 Å². The van der Waals surface area contributed by atoms with E-state index in [-0.39, 0.29) is 5.91 Å². The van der Waals surface area contributed by atoms with Crippen LogP contribution in [-0.2, 0) is 17.6 Å². The Morgan fingerprint density at radius 2 is 1.83 bits per heavy atom. The molecule has 2 aromatic rings. The first kappa shape index (κ1) is 15.4. The molecule has 0 bridgehead atoms. The van der Waals surface area contributed by atoms with Crippen molar-refractivity contribution >= 4 is 11.6 Å². The van der Waals surface area contributed by atoms with E-state index in [9.17, 15) is 4.79 Å². The van der Waals surface area contributed by atoms with E-state index in [4.69, 9.17) is 0 Å². The van der Waals surface area contributed by atoms with Gasteiger partial charge in [-0.05, 0) is 55.5 Å². The summed E-state index contributed by atoms with van der Waals surface area (Å²) in [6.45, 7) is 1.29. The molecule has 2 aliphatic rings. The summed E-state index contributed by atoms with van der Waals surface area (Å²) in [7, 11) is 2.09. The number of carbonyl (C=O) groups is 1. The van der Waals surface area contributed by atoms with Crippen LogP contribution in [0, 0.1) is 0 Å². The Kier molecular flexibility index (Phi) is 4.11. The molecule has 1 atom stereocenters. The molecule has 3 heteroatoms. The lowest BCUT2D eigenvalue weighted by molar-refractivity contribution is -0.119. The zero-order valence-electron chi connectivity index (χ0n) is 14.2. The van der Waals surface area contributed by atoms with E-state index in [1.165, 1.54) is 23.1 Å². The minimum atomic E-state index is 0.213. The predicted molar refractivity (Wildman–Crippen MR) is 97.3 cm³/mol. The number of carbonyl (C=O) groups excluding carboxylic acids is 1. The Labute approximate surface area is 143 Å². The average molecular weight is 320 g/mol. The summed E-state index contributed by atoms with van der Waals surface area (Å²) in [5.41, 5.74) is 5.23. The number of aryl methyl sites for hydroxylation is 1. The zero-order valence-corrected chi connectivity index (χ0v) is 14.2. The molecule has 0 spiro atoms. The van der Waals surface area contributed by atoms with Gasteiger partial charge in [-0.1, -0.05) is 42.5 Å². The van der Waals surface area contributed by atoms with Crippen molar-refractivity contribution in [1.82, 2.24) is 4.90 Å². The maximum Gasteiger partial charge on any atom is 0.241 e. The SMILES string of the molecule is CN(CC(=O)N1CCc2ccccc21)[C@@H]1CCCc2ccccc21. The second kappa shape index (κ2) is 6.40. The summed E-state index contributed by atoms with van der Waals surface area (Å²) in [5, 5.41) is 0. The van der Waals surface area contributed by atoms with E-state index in [1.807, 2.05) is 11.0 Å². The van der Waals surface area contributed by atoms with Crippen molar-refractivity contribution in [1.29, 1.82) is 0 Å². The highest BCUT2D eigenvalue weighted by Crippen LogP contribution is 2.34. The van der Waals surface area contributed by atoms with Crippen molar-refractivity contribution in [2.24, 2.45) is 0 Å². The van der Waals surface area contributed by atoms with E-state index in [1.54, 1.807) is 0 Å². The van der Waals surface area contributed by atoms with Gasteiger partial charge >= 0.3 is 0 Å². The highest BCUT2D eigenvalue weighted by atomic mass is 16.2. The van der Waals surface area contributed by atoms with Gasteiger partial charge in [0.15, 0.2) is 0 Å². The second-order valence-electron chi connectivity index (χ2n) is 6.95. The summed E-state index contributed by atoms with van der Waals surface area (Å²) >= 11 is 0. The highest BCUT2D eigenvalue weighted by molar-refractivity contribution is 5.96. The lowest BCUT2D eigenvalue weighted by Crippen LogP contribution is -2.40. The molecule has 1 aliphatic heterocycles. The van der Waals surface area contributed by atoms with Crippen molar-refractivity contribution in [3.05, 3.63) is 65.2 Å². The number of rotatable bonds is 3. The topological polar surface area (TPSA) is 23.6 Å². The Balaban J connectivity index is 1.49. The molecule has 0 saturated carbocycles. The summed E-state index contributed by atoms with van der Waals surface area (Å²) in [6.07, 6.45) is 4.47. The number of para-hydroxylation sites is 1. The van der Waals surface area contributed by atoms with Gasteiger partial charge in [-0.25, -0.2) is 0 Å². The molecule has 0 aromatic heterocycles. The summed E-state index contributed by atoms with van der Waals surface area (Å²) in [6, 6.07) is 17.3. The molecule has 3 nitrogen and oxygen atoms in total. The number of anilines is 1. The minimum Gasteiger partial charge on any atom is -0.311 e. The number of amides is 1. The quantitative estimate of drug-likeness (QED) is 0.863. The molecule has 1 aliphatic carbocycles. The predicted octanol–water partition coefficient (Wildman–Crippen LogP) is 3.59. The van der Waals surface area contributed by atoms with Gasteiger partial charge in [0.1, 0.15) is 0 Å². The third-order valence-electron chi connectivity index (χ3n) is 5.44. The molecule has 24 heavy (non-hydrogen) atoms. The standard InChI is InChI=1S/C21H24N2O/c1-22(20-12-6-9-16-7-2-4-10-18(16)20)15-21(24)23-14-13-17-8-3-5-11-19(17)23/h2-5,7-8,10-11,20H,6,9,12-15H2,1H3/t20-/m1/s1. The fraction of sp³-hybridized carbons (Fsp3) is 0.381. The van der Waals surface area contributed by atoms with Gasteiger partial charge in [-0.15, -0.1) is 0 Å². The van der Waals surface area contributed by atoms with Gasteiger partial charge in [0.05, 0.1) is 6.54 Å². The van der Waals surface area contributed by atoms with E-state index < -0.39 is 0 Å². The second-order valence-corrected chi connectivity index (χ2v) is 6.95. The maximum absolute atomic E-state index is 12.9. The van der Waals surface area contributed by atoms with Crippen molar-refractivity contribution < 1.29 is 4.79 Å². The highest BCUT2D eigenvalue weighted by Gasteiger charge is 2.28. The third kappa shape index (κ3) is 2.73. The number of nitrogens with zero attached hydrogens (tertiary/aromatic N) is 2. The lowest BCUT2D eigenvalue weighted by Gasteiger charge is -2.33. The molecule has 0 N–H and O–H groups in total. The van der Waals surface area contributed by atoms with Crippen LogP contribution in [0.2, 0.25) is 0 Å². The van der Waals surface area contributed by atoms with Gasteiger partial charge in [0, 0.05) is 18.3 Å². The number of likely N-dealkylation sites (N-methyl/N-ethyl adjacent to an activating group) is 1. The first-order valence-corrected chi connectivity index (χ1v) is 8.90. The van der Waals surface area contributed by atoms with Crippen LogP contribution >= 0.6 is 0 Å². The first-order chi connectivity index (χ1) is 11.7. The Hall–Kier alpha value is -2.13. The van der Waals surface area contributed by atoms with E-state index in [0.29, 0.717) is 12.6 Å². The van der Waals surface area contributed by atoms with Gasteiger partial charge in [-0.3, -0.25) is 9.69 Å². The smallest absolute Gasteiger partial charge is 0.241 e. The zero-order chi connectivity index (χ0) is 16.5. The van der Waals surface area contributed by atoms with Crippen molar-refractivity contribution in [2.75, 3.05) is 25.0 Å². The molecule has 124 valence electrons. The number of hydrogen-bond acceptors (Lipinski definition) is 2. The number of benzene rings is 2. The molecule has 0 unspecified atom stereocenters. The van der Waals surface area contributed by atoms with Crippen LogP contribution in [0.4, 0.5) is 5.69 Å². The fourth-order valence-corrected chi connectivity index (χ4v) is 4.19. The third-order valence-corrected chi connectivity index (χ3v) is 5.44. The van der Waals surface area contributed by atoms with Crippen molar-refractivity contribution in [2.45, 2.75) is 31.7 Å². The van der Waals surface area contributed by atoms with Crippen LogP contribution in [0.3, 0.4) is 0 Å². The van der Waals surface area contributed by atoms with Crippen LogP contribution in [-0.4, -0.2) is 30.9 Å². The van der Waals surface area contributed by atoms with Gasteiger partial charge in [0.25, 0.3) is 0 Å². The van der Waals surface area contributed by atoms with Crippen molar-refractivity contribution in [3.63, 3.8) is 0 Å². The molecular weight excluding hydrogens is 296 g/mol. The Morgan fingerprint density at radius 1 is 1.08 bits per heavy atom. The van der Waals surface area contributed by atoms with Crippen LogP contribution in [0.5, 0.6) is 0 Å². The normalized spacial score (nSPS) is 19.2. The van der Waals surface area contributed by atoms with Crippen LogP contribution < -0.4 is 4.90 Å². The monoisotopic (exact) mass is 320 g/mol. The van der Waals surface area contributed by atoms with Crippen LogP contribution in [0.1, 0.15) is 35.6 Å². The molecule has 1 heterocycles. The molecule has 0 saturated heterocycles. The molecule has 4 rings (SSSR count). The number of fused-ring (bicyclic) bond motifs is 2. The molecule has 2 aromatic carbocycles. The molecule has 0 fully saturated rings. The molecule has 0 radical (unpaired) electrons.